The lowest BCUT2D eigenvalue weighted by Crippen LogP contribution is -2.47. The van der Waals surface area contributed by atoms with Crippen LogP contribution in [0.1, 0.15) is 39.4 Å². The fourth-order valence-corrected chi connectivity index (χ4v) is 4.53. The molecule has 0 amide bonds. The van der Waals surface area contributed by atoms with E-state index in [1.807, 2.05) is 0 Å². The highest BCUT2D eigenvalue weighted by Crippen LogP contribution is 2.46. The standard InChI is InChI=1S/C22H30N3O10P/c1-13(2)33-19(28)14(3)24-36(31,35-15-8-6-5-7-9-15)32-12-16-18(27)22(4,30)20(34-16)25-11-10-17(26)23-21(25)29/h5-11,13-14,16,18,20,27,30H,12H2,1-4H3,(H,24,31)(H,23,26,29)/t14-,16+,18+,20+,22+,36?/m0/s1/i10D,11D,12D2. The number of nitrogens with one attached hydrogen (secondary N) is 2. The maximum Gasteiger partial charge on any atom is 0.459 e. The van der Waals surface area contributed by atoms with E-state index in [2.05, 4.69) is 5.09 Å². The minimum atomic E-state index is -4.84. The monoisotopic (exact) mass is 531 g/mol. The smallest absolute Gasteiger partial charge is 0.459 e. The number of aromatic amines is 1. The molecule has 1 aliphatic heterocycles. The van der Waals surface area contributed by atoms with Gasteiger partial charge in [-0.25, -0.2) is 9.36 Å². The van der Waals surface area contributed by atoms with Gasteiger partial charge in [0.1, 0.15) is 29.6 Å². The highest BCUT2D eigenvalue weighted by atomic mass is 31.2. The second kappa shape index (κ2) is 11.1. The normalized spacial score (nSPS) is 28.4. The van der Waals surface area contributed by atoms with E-state index in [4.69, 9.17) is 24.0 Å². The quantitative estimate of drug-likeness (QED) is 0.250. The zero-order chi connectivity index (χ0) is 30.2. The number of ether oxygens (including phenoxy) is 2. The van der Waals surface area contributed by atoms with Crippen LogP contribution in [0.3, 0.4) is 0 Å². The molecule has 0 radical (unpaired) electrons. The first-order valence-electron chi connectivity index (χ1n) is 12.8. The number of H-pyrrole nitrogens is 1. The van der Waals surface area contributed by atoms with Crippen molar-refractivity contribution in [3.8, 4) is 5.75 Å². The van der Waals surface area contributed by atoms with Gasteiger partial charge in [0.15, 0.2) is 6.23 Å². The van der Waals surface area contributed by atoms with E-state index >= 15 is 0 Å². The molecule has 6 atom stereocenters. The Morgan fingerprint density at radius 2 is 2.03 bits per heavy atom. The Labute approximate surface area is 212 Å². The number of aromatic nitrogens is 2. The molecule has 3 rings (SSSR count). The number of aliphatic hydroxyl groups excluding tert-OH is 1. The van der Waals surface area contributed by atoms with E-state index in [1.54, 1.807) is 24.9 Å². The first-order valence-corrected chi connectivity index (χ1v) is 12.4. The summed E-state index contributed by atoms with van der Waals surface area (Å²) < 4.78 is 67.9. The zero-order valence-electron chi connectivity index (χ0n) is 23.8. The summed E-state index contributed by atoms with van der Waals surface area (Å²) in [6.07, 6.45) is -7.84. The van der Waals surface area contributed by atoms with Crippen LogP contribution in [-0.4, -0.2) is 62.2 Å². The summed E-state index contributed by atoms with van der Waals surface area (Å²) in [6, 6.07) is 5.14. The SMILES string of the molecule is [2H]c1c([2H])n([C@@H]2O[C@H](C([2H])([2H])OP(=O)(N[C@@H](C)C(=O)OC(C)C)Oc3ccccc3)[C@@H](O)[C@@]2(C)O)c(=O)[nH]c1=O. The predicted octanol–water partition coefficient (Wildman–Crippen LogP) is 0.679. The van der Waals surface area contributed by atoms with Crippen LogP contribution in [0.2, 0.25) is 0 Å². The molecule has 1 aromatic heterocycles. The van der Waals surface area contributed by atoms with Crippen LogP contribution >= 0.6 is 7.75 Å². The van der Waals surface area contributed by atoms with Crippen LogP contribution in [0.15, 0.2) is 52.1 Å². The average molecular weight is 531 g/mol. The van der Waals surface area contributed by atoms with Crippen LogP contribution in [0.25, 0.3) is 0 Å². The summed E-state index contributed by atoms with van der Waals surface area (Å²) in [5.74, 6) is -0.902. The summed E-state index contributed by atoms with van der Waals surface area (Å²) >= 11 is 0. The third-order valence-corrected chi connectivity index (χ3v) is 6.44. The number of rotatable bonds is 10. The van der Waals surface area contributed by atoms with E-state index in [0.29, 0.717) is 4.57 Å². The number of benzene rings is 1. The fourth-order valence-electron chi connectivity index (χ4n) is 3.17. The zero-order valence-corrected chi connectivity index (χ0v) is 20.7. The minimum absolute atomic E-state index is 0.0436. The fraction of sp³-hybridized carbons (Fsp3) is 0.500. The van der Waals surface area contributed by atoms with Gasteiger partial charge < -0.3 is 24.2 Å². The van der Waals surface area contributed by atoms with Gasteiger partial charge in [0.05, 0.1) is 18.1 Å². The van der Waals surface area contributed by atoms with Crippen molar-refractivity contribution in [1.29, 1.82) is 0 Å². The lowest BCUT2D eigenvalue weighted by Gasteiger charge is -2.27. The third-order valence-electron chi connectivity index (χ3n) is 4.94. The van der Waals surface area contributed by atoms with Crippen molar-refractivity contribution in [3.05, 3.63) is 63.4 Å². The van der Waals surface area contributed by atoms with Crippen molar-refractivity contribution in [3.63, 3.8) is 0 Å². The Hall–Kier alpha value is -2.80. The van der Waals surface area contributed by atoms with Gasteiger partial charge in [-0.1, -0.05) is 18.2 Å². The van der Waals surface area contributed by atoms with Gasteiger partial charge >= 0.3 is 19.4 Å². The second-order valence-electron chi connectivity index (χ2n) is 8.39. The number of carbonyl (C=O) groups excluding carboxylic acids is 1. The van der Waals surface area contributed by atoms with E-state index in [0.717, 1.165) is 6.92 Å². The summed E-state index contributed by atoms with van der Waals surface area (Å²) in [6.45, 7) is 2.14. The molecule has 2 aromatic rings. The van der Waals surface area contributed by atoms with Crippen LogP contribution < -0.4 is 20.9 Å². The second-order valence-corrected chi connectivity index (χ2v) is 10.0. The van der Waals surface area contributed by atoms with Crippen molar-refractivity contribution in [2.45, 2.75) is 63.9 Å². The highest BCUT2D eigenvalue weighted by molar-refractivity contribution is 7.52. The summed E-state index contributed by atoms with van der Waals surface area (Å²) in [7, 11) is -4.84. The Bertz CT molecular complexity index is 1400. The number of nitrogens with zero attached hydrogens (tertiary/aromatic N) is 1. The van der Waals surface area contributed by atoms with Crippen molar-refractivity contribution in [2.24, 2.45) is 0 Å². The van der Waals surface area contributed by atoms with Gasteiger partial charge in [-0.05, 0) is 39.8 Å². The number of aliphatic hydroxyl groups is 2. The molecule has 0 bridgehead atoms. The number of carbonyl (C=O) groups is 1. The lowest BCUT2D eigenvalue weighted by atomic mass is 9.96. The summed E-state index contributed by atoms with van der Waals surface area (Å²) in [5, 5.41) is 24.1. The molecular formula is C22H30N3O10P. The van der Waals surface area contributed by atoms with E-state index in [1.165, 1.54) is 31.2 Å². The van der Waals surface area contributed by atoms with Crippen LogP contribution in [0.5, 0.6) is 5.75 Å². The molecule has 2 heterocycles. The molecule has 0 saturated carbocycles. The molecule has 0 aliphatic carbocycles. The first kappa shape index (κ1) is 22.4. The van der Waals surface area contributed by atoms with Crippen LogP contribution in [0.4, 0.5) is 0 Å². The Kier molecular flexibility index (Phi) is 6.89. The minimum Gasteiger partial charge on any atom is -0.462 e. The van der Waals surface area contributed by atoms with Gasteiger partial charge in [-0.15, -0.1) is 0 Å². The largest absolute Gasteiger partial charge is 0.462 e. The van der Waals surface area contributed by atoms with Gasteiger partial charge in [-0.2, -0.15) is 5.09 Å². The van der Waals surface area contributed by atoms with Gasteiger partial charge in [0.2, 0.25) is 0 Å². The van der Waals surface area contributed by atoms with Crippen molar-refractivity contribution >= 4 is 13.7 Å². The maximum atomic E-state index is 13.8. The van der Waals surface area contributed by atoms with Crippen LogP contribution in [-0.2, 0) is 23.4 Å². The first-order chi connectivity index (χ1) is 18.4. The number of esters is 1. The molecule has 1 fully saturated rings. The van der Waals surface area contributed by atoms with E-state index in [-0.39, 0.29) is 5.75 Å². The third kappa shape index (κ3) is 6.49. The Morgan fingerprint density at radius 3 is 2.67 bits per heavy atom. The topological polar surface area (TPSA) is 178 Å². The highest BCUT2D eigenvalue weighted by Gasteiger charge is 2.54. The Balaban J connectivity index is 1.98. The molecule has 0 spiro atoms. The molecule has 14 heteroatoms. The van der Waals surface area contributed by atoms with E-state index < -0.39 is 79.9 Å². The van der Waals surface area contributed by atoms with Gasteiger partial charge in [0.25, 0.3) is 5.56 Å². The maximum absolute atomic E-state index is 13.8. The molecular weight excluding hydrogens is 497 g/mol. The molecule has 198 valence electrons. The number of hydrogen-bond donors (Lipinski definition) is 4. The van der Waals surface area contributed by atoms with E-state index in [9.17, 15) is 29.2 Å². The van der Waals surface area contributed by atoms with Crippen LogP contribution in [0, 0.1) is 0 Å². The summed E-state index contributed by atoms with van der Waals surface area (Å²) in [4.78, 5) is 38.2. The lowest BCUT2D eigenvalue weighted by molar-refractivity contribution is -0.149. The number of para-hydroxylation sites is 1. The molecule has 1 saturated heterocycles. The molecule has 1 aliphatic rings. The molecule has 36 heavy (non-hydrogen) atoms. The van der Waals surface area contributed by atoms with Crippen molar-refractivity contribution < 1.29 is 43.6 Å². The van der Waals surface area contributed by atoms with Crippen molar-refractivity contribution in [1.82, 2.24) is 14.6 Å². The van der Waals surface area contributed by atoms with Gasteiger partial charge in [-0.3, -0.25) is 23.7 Å². The van der Waals surface area contributed by atoms with Crippen molar-refractivity contribution in [2.75, 3.05) is 6.56 Å². The number of hydrogen-bond acceptors (Lipinski definition) is 10. The predicted molar refractivity (Wildman–Crippen MR) is 126 cm³/mol. The van der Waals surface area contributed by atoms with Gasteiger partial charge in [0, 0.05) is 12.2 Å². The average Bonchev–Trinajstić information content (AvgIpc) is 3.07. The Morgan fingerprint density at radius 1 is 1.36 bits per heavy atom. The molecule has 13 nitrogen and oxygen atoms in total. The molecule has 4 N–H and O–H groups in total. The molecule has 1 aromatic carbocycles. The molecule has 1 unspecified atom stereocenters. The summed E-state index contributed by atoms with van der Waals surface area (Å²) in [5.41, 5.74) is -4.95.